The predicted octanol–water partition coefficient (Wildman–Crippen LogP) is 3.83. The maximum Gasteiger partial charge on any atom is 0.0537 e. The highest BCUT2D eigenvalue weighted by atomic mass is 79.9. The summed E-state index contributed by atoms with van der Waals surface area (Å²) >= 11 is 3.46. The minimum atomic E-state index is -0.245. The molecule has 1 atom stereocenters. The van der Waals surface area contributed by atoms with Gasteiger partial charge in [-0.2, -0.15) is 0 Å². The van der Waals surface area contributed by atoms with Gasteiger partial charge >= 0.3 is 0 Å². The largest absolute Gasteiger partial charge is 0.395 e. The molecule has 2 aromatic rings. The number of benzene rings is 2. The molecule has 0 spiro atoms. The predicted molar refractivity (Wildman–Crippen MR) is 91.4 cm³/mol. The molecule has 3 heteroatoms. The zero-order chi connectivity index (χ0) is 15.3. The summed E-state index contributed by atoms with van der Waals surface area (Å²) < 4.78 is 1.10. The summed E-state index contributed by atoms with van der Waals surface area (Å²) in [6.45, 7) is 3.93. The van der Waals surface area contributed by atoms with Crippen LogP contribution in [0.15, 0.2) is 59.1 Å². The standard InChI is InChI=1S/C18H22BrNO/c1-18(14-21,16-6-4-3-5-7-16)13-20(2)12-15-8-10-17(19)11-9-15/h3-11,21H,12-14H2,1-2H3. The lowest BCUT2D eigenvalue weighted by Crippen LogP contribution is -2.39. The van der Waals surface area contributed by atoms with Crippen molar-refractivity contribution in [2.75, 3.05) is 20.2 Å². The van der Waals surface area contributed by atoms with Gasteiger partial charge in [-0.3, -0.25) is 0 Å². The average molecular weight is 348 g/mol. The fourth-order valence-corrected chi connectivity index (χ4v) is 2.89. The normalized spacial score (nSPS) is 14.1. The zero-order valence-corrected chi connectivity index (χ0v) is 14.2. The maximum atomic E-state index is 9.86. The Labute approximate surface area is 135 Å². The second-order valence-corrected chi connectivity index (χ2v) is 6.80. The van der Waals surface area contributed by atoms with Gasteiger partial charge in [-0.05, 0) is 30.3 Å². The molecule has 1 unspecified atom stereocenters. The SMILES string of the molecule is CN(Cc1ccc(Br)cc1)CC(C)(CO)c1ccccc1. The van der Waals surface area contributed by atoms with E-state index in [9.17, 15) is 5.11 Å². The van der Waals surface area contributed by atoms with Crippen LogP contribution in [-0.4, -0.2) is 30.2 Å². The van der Waals surface area contributed by atoms with E-state index in [0.29, 0.717) is 0 Å². The van der Waals surface area contributed by atoms with Gasteiger partial charge in [0.05, 0.1) is 6.61 Å². The fourth-order valence-electron chi connectivity index (χ4n) is 2.63. The van der Waals surface area contributed by atoms with Gasteiger partial charge in [-0.1, -0.05) is 65.3 Å². The number of hydrogen-bond donors (Lipinski definition) is 1. The molecular formula is C18H22BrNO. The van der Waals surface area contributed by atoms with Gasteiger partial charge in [0.1, 0.15) is 0 Å². The molecule has 2 rings (SSSR count). The van der Waals surface area contributed by atoms with Crippen molar-refractivity contribution in [2.24, 2.45) is 0 Å². The molecule has 2 aromatic carbocycles. The van der Waals surface area contributed by atoms with Crippen molar-refractivity contribution >= 4 is 15.9 Å². The maximum absolute atomic E-state index is 9.86. The van der Waals surface area contributed by atoms with Crippen LogP contribution in [0.5, 0.6) is 0 Å². The summed E-state index contributed by atoms with van der Waals surface area (Å²) in [7, 11) is 2.10. The molecule has 0 radical (unpaired) electrons. The van der Waals surface area contributed by atoms with E-state index in [2.05, 4.69) is 71.2 Å². The van der Waals surface area contributed by atoms with Crippen LogP contribution in [0.3, 0.4) is 0 Å². The number of likely N-dealkylation sites (N-methyl/N-ethyl adjacent to an activating group) is 1. The van der Waals surface area contributed by atoms with E-state index in [1.54, 1.807) is 0 Å². The van der Waals surface area contributed by atoms with Crippen LogP contribution in [0.1, 0.15) is 18.1 Å². The number of aliphatic hydroxyl groups excluding tert-OH is 1. The zero-order valence-electron chi connectivity index (χ0n) is 12.6. The van der Waals surface area contributed by atoms with Crippen molar-refractivity contribution in [3.63, 3.8) is 0 Å². The first-order chi connectivity index (χ1) is 10.0. The number of hydrogen-bond acceptors (Lipinski definition) is 2. The fraction of sp³-hybridized carbons (Fsp3) is 0.333. The highest BCUT2D eigenvalue weighted by Gasteiger charge is 2.27. The topological polar surface area (TPSA) is 23.5 Å². The van der Waals surface area contributed by atoms with E-state index in [1.165, 1.54) is 11.1 Å². The van der Waals surface area contributed by atoms with Crippen molar-refractivity contribution in [2.45, 2.75) is 18.9 Å². The minimum Gasteiger partial charge on any atom is -0.395 e. The van der Waals surface area contributed by atoms with Crippen molar-refractivity contribution in [1.29, 1.82) is 0 Å². The van der Waals surface area contributed by atoms with Gasteiger partial charge in [0.15, 0.2) is 0 Å². The lowest BCUT2D eigenvalue weighted by Gasteiger charge is -2.33. The van der Waals surface area contributed by atoms with Crippen molar-refractivity contribution in [3.05, 3.63) is 70.2 Å². The van der Waals surface area contributed by atoms with Crippen LogP contribution < -0.4 is 0 Å². The lowest BCUT2D eigenvalue weighted by atomic mass is 9.83. The van der Waals surface area contributed by atoms with Crippen molar-refractivity contribution in [3.8, 4) is 0 Å². The number of aliphatic hydroxyl groups is 1. The molecule has 0 saturated heterocycles. The van der Waals surface area contributed by atoms with Gasteiger partial charge in [0.2, 0.25) is 0 Å². The van der Waals surface area contributed by atoms with E-state index in [1.807, 2.05) is 18.2 Å². The Kier molecular flexibility index (Phi) is 5.57. The average Bonchev–Trinajstić information content (AvgIpc) is 2.50. The Morgan fingerprint density at radius 2 is 1.67 bits per heavy atom. The second-order valence-electron chi connectivity index (χ2n) is 5.88. The van der Waals surface area contributed by atoms with E-state index < -0.39 is 0 Å². The molecule has 1 N–H and O–H groups in total. The monoisotopic (exact) mass is 347 g/mol. The molecule has 2 nitrogen and oxygen atoms in total. The first kappa shape index (κ1) is 16.2. The van der Waals surface area contributed by atoms with Crippen LogP contribution in [0.4, 0.5) is 0 Å². The Balaban J connectivity index is 2.06. The first-order valence-corrected chi connectivity index (χ1v) is 7.92. The van der Waals surface area contributed by atoms with Gasteiger partial charge in [-0.25, -0.2) is 0 Å². The van der Waals surface area contributed by atoms with Crippen LogP contribution in [0.25, 0.3) is 0 Å². The quantitative estimate of drug-likeness (QED) is 0.858. The summed E-state index contributed by atoms with van der Waals surface area (Å²) in [4.78, 5) is 2.26. The Morgan fingerprint density at radius 3 is 2.24 bits per heavy atom. The molecule has 0 bridgehead atoms. The van der Waals surface area contributed by atoms with Crippen molar-refractivity contribution < 1.29 is 5.11 Å². The van der Waals surface area contributed by atoms with E-state index in [0.717, 1.165) is 17.6 Å². The van der Waals surface area contributed by atoms with E-state index >= 15 is 0 Å². The summed E-state index contributed by atoms with van der Waals surface area (Å²) in [6, 6.07) is 18.6. The molecule has 21 heavy (non-hydrogen) atoms. The molecule has 112 valence electrons. The van der Waals surface area contributed by atoms with E-state index in [4.69, 9.17) is 0 Å². The van der Waals surface area contributed by atoms with Crippen LogP contribution in [-0.2, 0) is 12.0 Å². The molecule has 0 heterocycles. The smallest absolute Gasteiger partial charge is 0.0537 e. The molecule has 0 amide bonds. The first-order valence-electron chi connectivity index (χ1n) is 7.13. The number of nitrogens with zero attached hydrogens (tertiary/aromatic N) is 1. The number of halogens is 1. The van der Waals surface area contributed by atoms with E-state index in [-0.39, 0.29) is 12.0 Å². The summed E-state index contributed by atoms with van der Waals surface area (Å²) in [5.41, 5.74) is 2.20. The molecule has 0 saturated carbocycles. The van der Waals surface area contributed by atoms with Gasteiger partial charge in [0, 0.05) is 23.0 Å². The third kappa shape index (κ3) is 4.40. The van der Waals surface area contributed by atoms with Gasteiger partial charge in [-0.15, -0.1) is 0 Å². The van der Waals surface area contributed by atoms with Crippen LogP contribution in [0.2, 0.25) is 0 Å². The molecule has 0 fully saturated rings. The van der Waals surface area contributed by atoms with Gasteiger partial charge in [0.25, 0.3) is 0 Å². The van der Waals surface area contributed by atoms with Crippen molar-refractivity contribution in [1.82, 2.24) is 4.90 Å². The molecule has 0 aliphatic carbocycles. The Morgan fingerprint density at radius 1 is 1.05 bits per heavy atom. The number of rotatable bonds is 6. The molecule has 0 aromatic heterocycles. The molecular weight excluding hydrogens is 326 g/mol. The summed E-state index contributed by atoms with van der Waals surface area (Å²) in [6.07, 6.45) is 0. The Hall–Kier alpha value is -1.16. The van der Waals surface area contributed by atoms with Crippen LogP contribution in [0, 0.1) is 0 Å². The highest BCUT2D eigenvalue weighted by molar-refractivity contribution is 9.10. The van der Waals surface area contributed by atoms with Crippen LogP contribution >= 0.6 is 15.9 Å². The third-order valence-corrected chi connectivity index (χ3v) is 4.33. The highest BCUT2D eigenvalue weighted by Crippen LogP contribution is 2.24. The minimum absolute atomic E-state index is 0.141. The lowest BCUT2D eigenvalue weighted by molar-refractivity contribution is 0.156. The summed E-state index contributed by atoms with van der Waals surface area (Å²) in [5.74, 6) is 0. The molecule has 0 aliphatic heterocycles. The third-order valence-electron chi connectivity index (χ3n) is 3.80. The Bertz CT molecular complexity index is 555. The summed E-state index contributed by atoms with van der Waals surface area (Å²) in [5, 5.41) is 9.86. The van der Waals surface area contributed by atoms with Gasteiger partial charge < -0.3 is 10.0 Å². The second kappa shape index (κ2) is 7.21. The molecule has 0 aliphatic rings.